The molecule has 2 aromatic rings. The fraction of sp³-hybridized carbons (Fsp3) is 0.278. The Bertz CT molecular complexity index is 990. The number of nitro groups is 1. The zero-order chi connectivity index (χ0) is 21.8. The summed E-state index contributed by atoms with van der Waals surface area (Å²) in [5, 5.41) is 11.2. The number of non-ortho nitro benzene ring substituents is 1. The molecule has 0 spiro atoms. The van der Waals surface area contributed by atoms with Crippen molar-refractivity contribution in [3.63, 3.8) is 0 Å². The fourth-order valence-electron chi connectivity index (χ4n) is 2.15. The first-order valence-electron chi connectivity index (χ1n) is 8.26. The lowest BCUT2D eigenvalue weighted by molar-refractivity contribution is -0.384. The average Bonchev–Trinajstić information content (AvgIpc) is 2.67. The van der Waals surface area contributed by atoms with Gasteiger partial charge in [0.1, 0.15) is 5.75 Å². The molecule has 0 unspecified atom stereocenters. The number of esters is 1. The fourth-order valence-corrected chi connectivity index (χ4v) is 3.31. The van der Waals surface area contributed by atoms with Crippen LogP contribution in [0.1, 0.15) is 13.8 Å². The normalized spacial score (nSPS) is 11.9. The molecule has 156 valence electrons. The lowest BCUT2D eigenvalue weighted by Crippen LogP contribution is -2.42. The van der Waals surface area contributed by atoms with Crippen molar-refractivity contribution >= 4 is 33.3 Å². The van der Waals surface area contributed by atoms with Gasteiger partial charge in [-0.1, -0.05) is 11.6 Å². The Morgan fingerprint density at radius 3 is 2.21 bits per heavy atom. The van der Waals surface area contributed by atoms with Crippen LogP contribution in [0, 0.1) is 10.1 Å². The molecule has 9 nitrogen and oxygen atoms in total. The zero-order valence-electron chi connectivity index (χ0n) is 15.9. The first-order chi connectivity index (χ1) is 13.4. The Hall–Kier alpha value is -2.69. The number of hydrogen-bond donors (Lipinski definition) is 0. The maximum Gasteiger partial charge on any atom is 0.351 e. The van der Waals surface area contributed by atoms with Gasteiger partial charge in [-0.3, -0.25) is 10.1 Å². The zero-order valence-corrected chi connectivity index (χ0v) is 17.4. The molecule has 0 bridgehead atoms. The van der Waals surface area contributed by atoms with Crippen molar-refractivity contribution in [2.75, 3.05) is 13.8 Å². The van der Waals surface area contributed by atoms with E-state index in [9.17, 15) is 23.3 Å². The summed E-state index contributed by atoms with van der Waals surface area (Å²) in [5.41, 5.74) is -1.62. The second kappa shape index (κ2) is 8.76. The number of nitro benzene ring substituents is 1. The van der Waals surface area contributed by atoms with Crippen LogP contribution in [0.25, 0.3) is 0 Å². The standard InChI is InChI=1S/C18H19ClN2O7S/c1-18(2,28-15-8-4-13(19)5-9-15)17(22)27-12-20(3)29(25,26)16-10-6-14(7-11-16)21(23)24/h4-11H,12H2,1-3H3. The van der Waals surface area contributed by atoms with Crippen LogP contribution in [0.2, 0.25) is 5.02 Å². The van der Waals surface area contributed by atoms with Gasteiger partial charge in [0.05, 0.1) is 9.82 Å². The molecule has 0 aliphatic heterocycles. The number of benzene rings is 2. The van der Waals surface area contributed by atoms with Crippen LogP contribution in [0.15, 0.2) is 53.4 Å². The lowest BCUT2D eigenvalue weighted by atomic mass is 10.1. The molecule has 0 saturated carbocycles. The quantitative estimate of drug-likeness (QED) is 0.266. The molecule has 0 aromatic heterocycles. The number of rotatable bonds is 8. The highest BCUT2D eigenvalue weighted by atomic mass is 35.5. The minimum Gasteiger partial charge on any atom is -0.476 e. The van der Waals surface area contributed by atoms with Crippen molar-refractivity contribution in [2.24, 2.45) is 0 Å². The highest BCUT2D eigenvalue weighted by Crippen LogP contribution is 2.23. The predicted octanol–water partition coefficient (Wildman–Crippen LogP) is 3.23. The van der Waals surface area contributed by atoms with Gasteiger partial charge in [-0.15, -0.1) is 0 Å². The number of hydrogen-bond acceptors (Lipinski definition) is 7. The maximum atomic E-state index is 12.5. The molecule has 0 heterocycles. The first-order valence-corrected chi connectivity index (χ1v) is 10.1. The summed E-state index contributed by atoms with van der Waals surface area (Å²) in [6.07, 6.45) is 0. The van der Waals surface area contributed by atoms with E-state index >= 15 is 0 Å². The Labute approximate surface area is 173 Å². The summed E-state index contributed by atoms with van der Waals surface area (Å²) in [6, 6.07) is 10.8. The van der Waals surface area contributed by atoms with Gasteiger partial charge >= 0.3 is 5.97 Å². The Morgan fingerprint density at radius 1 is 1.14 bits per heavy atom. The minimum atomic E-state index is -4.01. The van der Waals surface area contributed by atoms with Crippen LogP contribution in [0.5, 0.6) is 5.75 Å². The van der Waals surface area contributed by atoms with Crippen molar-refractivity contribution < 1.29 is 27.6 Å². The monoisotopic (exact) mass is 442 g/mol. The predicted molar refractivity (Wildman–Crippen MR) is 105 cm³/mol. The van der Waals surface area contributed by atoms with E-state index in [1.165, 1.54) is 20.9 Å². The topological polar surface area (TPSA) is 116 Å². The number of nitrogens with zero attached hydrogens (tertiary/aromatic N) is 2. The minimum absolute atomic E-state index is 0.168. The molecule has 0 amide bonds. The van der Waals surface area contributed by atoms with Crippen LogP contribution in [0.3, 0.4) is 0 Å². The Kier molecular flexibility index (Phi) is 6.83. The molecule has 29 heavy (non-hydrogen) atoms. The van der Waals surface area contributed by atoms with E-state index in [0.29, 0.717) is 10.8 Å². The van der Waals surface area contributed by atoms with Crippen LogP contribution in [-0.4, -0.2) is 43.0 Å². The van der Waals surface area contributed by atoms with Crippen LogP contribution < -0.4 is 4.74 Å². The van der Waals surface area contributed by atoms with Crippen LogP contribution in [-0.2, 0) is 19.6 Å². The summed E-state index contributed by atoms with van der Waals surface area (Å²) in [7, 11) is -2.79. The van der Waals surface area contributed by atoms with Crippen molar-refractivity contribution in [3.8, 4) is 5.75 Å². The molecule has 2 rings (SSSR count). The van der Waals surface area contributed by atoms with E-state index in [4.69, 9.17) is 21.1 Å². The van der Waals surface area contributed by atoms with Gasteiger partial charge in [-0.05, 0) is 50.2 Å². The molecule has 0 radical (unpaired) electrons. The molecule has 2 aromatic carbocycles. The van der Waals surface area contributed by atoms with Crippen molar-refractivity contribution in [1.82, 2.24) is 4.31 Å². The van der Waals surface area contributed by atoms with Gasteiger partial charge in [-0.25, -0.2) is 13.2 Å². The van der Waals surface area contributed by atoms with E-state index in [2.05, 4.69) is 0 Å². The third-order valence-corrected chi connectivity index (χ3v) is 5.86. The summed E-state index contributed by atoms with van der Waals surface area (Å²) >= 11 is 5.80. The molecule has 0 fully saturated rings. The van der Waals surface area contributed by atoms with E-state index in [1.807, 2.05) is 0 Å². The van der Waals surface area contributed by atoms with E-state index < -0.39 is 33.2 Å². The van der Waals surface area contributed by atoms with Gasteiger partial charge in [0.2, 0.25) is 10.0 Å². The summed E-state index contributed by atoms with van der Waals surface area (Å²) in [5.74, 6) is -0.388. The van der Waals surface area contributed by atoms with Gasteiger partial charge in [0, 0.05) is 24.2 Å². The summed E-state index contributed by atoms with van der Waals surface area (Å²) in [4.78, 5) is 22.2. The number of carbonyl (C=O) groups is 1. The van der Waals surface area contributed by atoms with Crippen LogP contribution in [0.4, 0.5) is 5.69 Å². The number of ether oxygens (including phenoxy) is 2. The molecular weight excluding hydrogens is 424 g/mol. The molecule has 0 N–H and O–H groups in total. The lowest BCUT2D eigenvalue weighted by Gasteiger charge is -2.25. The highest BCUT2D eigenvalue weighted by Gasteiger charge is 2.33. The molecule has 0 aliphatic rings. The van der Waals surface area contributed by atoms with Gasteiger partial charge in [0.25, 0.3) is 5.69 Å². The van der Waals surface area contributed by atoms with E-state index in [1.54, 1.807) is 24.3 Å². The first kappa shape index (κ1) is 22.6. The molecule has 0 saturated heterocycles. The van der Waals surface area contributed by atoms with Gasteiger partial charge in [0.15, 0.2) is 12.3 Å². The molecule has 0 aliphatic carbocycles. The SMILES string of the molecule is CN(COC(=O)C(C)(C)Oc1ccc(Cl)cc1)S(=O)(=O)c1ccc([N+](=O)[O-])cc1. The molecule has 0 atom stereocenters. The number of carbonyl (C=O) groups excluding carboxylic acids is 1. The number of sulfonamides is 1. The summed E-state index contributed by atoms with van der Waals surface area (Å²) in [6.45, 7) is 2.40. The summed E-state index contributed by atoms with van der Waals surface area (Å²) < 4.78 is 36.5. The largest absolute Gasteiger partial charge is 0.476 e. The average molecular weight is 443 g/mol. The van der Waals surface area contributed by atoms with Crippen LogP contribution >= 0.6 is 11.6 Å². The maximum absolute atomic E-state index is 12.5. The van der Waals surface area contributed by atoms with Crippen molar-refractivity contribution in [3.05, 3.63) is 63.7 Å². The Morgan fingerprint density at radius 2 is 1.69 bits per heavy atom. The van der Waals surface area contributed by atoms with Crippen molar-refractivity contribution in [2.45, 2.75) is 24.3 Å². The Balaban J connectivity index is 2.02. The molecular formula is C18H19ClN2O7S. The van der Waals surface area contributed by atoms with Gasteiger partial charge in [-0.2, -0.15) is 4.31 Å². The molecule has 11 heteroatoms. The highest BCUT2D eigenvalue weighted by molar-refractivity contribution is 7.89. The van der Waals surface area contributed by atoms with Gasteiger partial charge < -0.3 is 9.47 Å². The van der Waals surface area contributed by atoms with E-state index in [-0.39, 0.29) is 10.6 Å². The number of halogens is 1. The van der Waals surface area contributed by atoms with E-state index in [0.717, 1.165) is 28.6 Å². The second-order valence-corrected chi connectivity index (χ2v) is 8.96. The second-order valence-electron chi connectivity index (χ2n) is 6.48. The third kappa shape index (κ3) is 5.66. The van der Waals surface area contributed by atoms with Crippen molar-refractivity contribution in [1.29, 1.82) is 0 Å². The smallest absolute Gasteiger partial charge is 0.351 e. The third-order valence-electron chi connectivity index (χ3n) is 3.81.